The van der Waals surface area contributed by atoms with Crippen molar-refractivity contribution in [2.45, 2.75) is 45.7 Å². The number of nitrogens with zero attached hydrogens (tertiary/aromatic N) is 1. The molecule has 0 bridgehead atoms. The van der Waals surface area contributed by atoms with E-state index in [1.165, 1.54) is 16.0 Å². The minimum absolute atomic E-state index is 0.0490. The van der Waals surface area contributed by atoms with Gasteiger partial charge in [-0.25, -0.2) is 0 Å². The number of carbonyl (C=O) groups excluding carboxylic acids is 1. The van der Waals surface area contributed by atoms with Crippen molar-refractivity contribution in [2.75, 3.05) is 11.9 Å². The lowest BCUT2D eigenvalue weighted by Crippen LogP contribution is -3.10. The van der Waals surface area contributed by atoms with Crippen molar-refractivity contribution in [2.24, 2.45) is 0 Å². The Morgan fingerprint density at radius 2 is 1.74 bits per heavy atom. The normalized spacial score (nSPS) is 16.1. The maximum atomic E-state index is 13.7. The van der Waals surface area contributed by atoms with E-state index in [1.807, 2.05) is 36.4 Å². The van der Waals surface area contributed by atoms with Crippen LogP contribution in [0.5, 0.6) is 0 Å². The second kappa shape index (κ2) is 9.78. The lowest BCUT2D eigenvalue weighted by Gasteiger charge is -2.27. The molecular weight excluding hydrogens is 418 g/mol. The summed E-state index contributed by atoms with van der Waals surface area (Å²) < 4.78 is 0. The number of quaternary nitrogens is 1. The average molecular weight is 451 g/mol. The summed E-state index contributed by atoms with van der Waals surface area (Å²) >= 11 is 0. The monoisotopic (exact) mass is 450 g/mol. The predicted octanol–water partition coefficient (Wildman–Crippen LogP) is 5.14. The third kappa shape index (κ3) is 4.59. The highest BCUT2D eigenvalue weighted by atomic mass is 16.1. The molecular formula is C30H32N3O+. The van der Waals surface area contributed by atoms with Crippen LogP contribution in [0.1, 0.15) is 58.9 Å². The summed E-state index contributed by atoms with van der Waals surface area (Å²) in [5.41, 5.74) is 7.27. The van der Waals surface area contributed by atoms with E-state index in [9.17, 15) is 4.79 Å². The molecule has 0 fully saturated rings. The van der Waals surface area contributed by atoms with E-state index in [-0.39, 0.29) is 5.91 Å². The molecule has 0 spiro atoms. The standard InChI is InChI=1S/C30H31N3O/c1-3-21(2)23-13-15-24(16-14-23)31-30(34)29-25-11-7-8-12-27(25)32-28-17-18-33(20-26(28)29)19-22-9-5-4-6-10-22/h4-16,21H,3,17-20H2,1-2H3,(H,31,34)/p+1/t21-/m0/s1. The van der Waals surface area contributed by atoms with Crippen LogP contribution in [-0.2, 0) is 19.5 Å². The summed E-state index contributed by atoms with van der Waals surface area (Å²) in [6.45, 7) is 7.20. The maximum Gasteiger partial charge on any atom is 0.256 e. The molecule has 5 rings (SSSR count). The molecule has 1 aliphatic rings. The van der Waals surface area contributed by atoms with Crippen molar-refractivity contribution < 1.29 is 9.69 Å². The van der Waals surface area contributed by atoms with Gasteiger partial charge in [-0.2, -0.15) is 0 Å². The molecule has 0 saturated carbocycles. The van der Waals surface area contributed by atoms with E-state index < -0.39 is 0 Å². The van der Waals surface area contributed by atoms with Gasteiger partial charge in [0.1, 0.15) is 13.1 Å². The molecule has 4 aromatic rings. The van der Waals surface area contributed by atoms with Crippen LogP contribution < -0.4 is 10.2 Å². The van der Waals surface area contributed by atoms with Gasteiger partial charge in [0.15, 0.2) is 0 Å². The number of anilines is 1. The van der Waals surface area contributed by atoms with Gasteiger partial charge in [-0.1, -0.05) is 74.5 Å². The Labute approximate surface area is 201 Å². The lowest BCUT2D eigenvalue weighted by molar-refractivity contribution is -0.929. The van der Waals surface area contributed by atoms with E-state index in [4.69, 9.17) is 4.98 Å². The van der Waals surface area contributed by atoms with Gasteiger partial charge < -0.3 is 10.2 Å². The number of fused-ring (bicyclic) bond motifs is 2. The van der Waals surface area contributed by atoms with Crippen LogP contribution in [0.2, 0.25) is 0 Å². The highest BCUT2D eigenvalue weighted by Gasteiger charge is 2.28. The Morgan fingerprint density at radius 1 is 1.00 bits per heavy atom. The highest BCUT2D eigenvalue weighted by molar-refractivity contribution is 6.13. The summed E-state index contributed by atoms with van der Waals surface area (Å²) in [6, 6.07) is 26.9. The Morgan fingerprint density at radius 3 is 2.50 bits per heavy atom. The zero-order chi connectivity index (χ0) is 23.5. The van der Waals surface area contributed by atoms with Crippen LogP contribution >= 0.6 is 0 Å². The van der Waals surface area contributed by atoms with Crippen molar-refractivity contribution >= 4 is 22.5 Å². The van der Waals surface area contributed by atoms with Crippen molar-refractivity contribution in [3.63, 3.8) is 0 Å². The molecule has 0 aliphatic carbocycles. The summed E-state index contributed by atoms with van der Waals surface area (Å²) in [7, 11) is 0. The fourth-order valence-corrected chi connectivity index (χ4v) is 4.95. The number of aromatic nitrogens is 1. The molecule has 1 aliphatic heterocycles. The summed E-state index contributed by atoms with van der Waals surface area (Å²) in [5.74, 6) is 0.464. The van der Waals surface area contributed by atoms with Crippen molar-refractivity contribution in [3.8, 4) is 0 Å². The Kier molecular flexibility index (Phi) is 6.41. The first-order chi connectivity index (χ1) is 16.6. The smallest absolute Gasteiger partial charge is 0.256 e. The van der Waals surface area contributed by atoms with Crippen LogP contribution in [0.4, 0.5) is 5.69 Å². The first-order valence-corrected chi connectivity index (χ1v) is 12.3. The number of amides is 1. The number of nitrogens with one attached hydrogen (secondary N) is 2. The van der Waals surface area contributed by atoms with Gasteiger partial charge >= 0.3 is 0 Å². The molecule has 2 atom stereocenters. The van der Waals surface area contributed by atoms with Crippen LogP contribution in [-0.4, -0.2) is 17.4 Å². The molecule has 0 saturated heterocycles. The molecule has 1 unspecified atom stereocenters. The van der Waals surface area contributed by atoms with Gasteiger partial charge in [0.2, 0.25) is 0 Å². The Hall–Kier alpha value is -3.50. The van der Waals surface area contributed by atoms with Crippen molar-refractivity contribution in [3.05, 3.63) is 107 Å². The van der Waals surface area contributed by atoms with Crippen LogP contribution in [0, 0.1) is 0 Å². The largest absolute Gasteiger partial charge is 0.327 e. The molecule has 0 radical (unpaired) electrons. The topological polar surface area (TPSA) is 46.4 Å². The fourth-order valence-electron chi connectivity index (χ4n) is 4.95. The molecule has 1 aromatic heterocycles. The Balaban J connectivity index is 1.47. The summed E-state index contributed by atoms with van der Waals surface area (Å²) in [5, 5.41) is 4.10. The molecule has 3 aromatic carbocycles. The summed E-state index contributed by atoms with van der Waals surface area (Å²) in [6.07, 6.45) is 1.98. The van der Waals surface area contributed by atoms with E-state index >= 15 is 0 Å². The zero-order valence-corrected chi connectivity index (χ0v) is 20.0. The van der Waals surface area contributed by atoms with Crippen LogP contribution in [0.3, 0.4) is 0 Å². The van der Waals surface area contributed by atoms with E-state index in [1.54, 1.807) is 0 Å². The number of hydrogen-bond acceptors (Lipinski definition) is 2. The van der Waals surface area contributed by atoms with E-state index in [0.717, 1.165) is 65.9 Å². The minimum atomic E-state index is -0.0490. The van der Waals surface area contributed by atoms with Crippen molar-refractivity contribution in [1.82, 2.24) is 4.98 Å². The minimum Gasteiger partial charge on any atom is -0.327 e. The molecule has 172 valence electrons. The quantitative estimate of drug-likeness (QED) is 0.427. The highest BCUT2D eigenvalue weighted by Crippen LogP contribution is 2.27. The van der Waals surface area contributed by atoms with Crippen LogP contribution in [0.25, 0.3) is 10.9 Å². The predicted molar refractivity (Wildman–Crippen MR) is 138 cm³/mol. The number of hydrogen-bond donors (Lipinski definition) is 2. The van der Waals surface area contributed by atoms with Crippen LogP contribution in [0.15, 0.2) is 78.9 Å². The van der Waals surface area contributed by atoms with Gasteiger partial charge in [0.05, 0.1) is 23.3 Å². The lowest BCUT2D eigenvalue weighted by atomic mass is 9.94. The van der Waals surface area contributed by atoms with Gasteiger partial charge in [-0.3, -0.25) is 9.78 Å². The Bertz CT molecular complexity index is 1300. The maximum absolute atomic E-state index is 13.7. The van der Waals surface area contributed by atoms with Gasteiger partial charge in [0.25, 0.3) is 5.91 Å². The second-order valence-corrected chi connectivity index (χ2v) is 9.40. The van der Waals surface area contributed by atoms with Gasteiger partial charge in [-0.15, -0.1) is 0 Å². The average Bonchev–Trinajstić information content (AvgIpc) is 2.88. The molecule has 1 amide bonds. The number of rotatable bonds is 6. The SMILES string of the molecule is CC[C@H](C)c1ccc(NC(=O)c2c3c(nc4ccccc24)CC[NH+](Cc2ccccc2)C3)cc1. The second-order valence-electron chi connectivity index (χ2n) is 9.40. The van der Waals surface area contributed by atoms with E-state index in [0.29, 0.717) is 5.92 Å². The number of para-hydroxylation sites is 1. The van der Waals surface area contributed by atoms with Gasteiger partial charge in [-0.05, 0) is 36.1 Å². The molecule has 4 nitrogen and oxygen atoms in total. The zero-order valence-electron chi connectivity index (χ0n) is 20.0. The first kappa shape index (κ1) is 22.3. The molecule has 4 heteroatoms. The number of carbonyl (C=O) groups is 1. The summed E-state index contributed by atoms with van der Waals surface area (Å²) in [4.78, 5) is 20.1. The molecule has 34 heavy (non-hydrogen) atoms. The van der Waals surface area contributed by atoms with Gasteiger partial charge in [0, 0.05) is 28.6 Å². The van der Waals surface area contributed by atoms with E-state index in [2.05, 4.69) is 61.6 Å². The first-order valence-electron chi connectivity index (χ1n) is 12.3. The fraction of sp³-hybridized carbons (Fsp3) is 0.267. The third-order valence-electron chi connectivity index (χ3n) is 7.10. The number of benzene rings is 3. The van der Waals surface area contributed by atoms with Crippen molar-refractivity contribution in [1.29, 1.82) is 0 Å². The molecule has 2 N–H and O–H groups in total. The number of pyridine rings is 1. The molecule has 2 heterocycles. The third-order valence-corrected chi connectivity index (χ3v) is 7.10.